The van der Waals surface area contributed by atoms with Crippen LogP contribution >= 0.6 is 0 Å². The van der Waals surface area contributed by atoms with Crippen LogP contribution in [0.2, 0.25) is 0 Å². The third-order valence-corrected chi connectivity index (χ3v) is 3.88. The molecule has 2 aromatic heterocycles. The SMILES string of the molecule is COCCN(C)c1ccc2ccc(C(=O)N3CCCO3)cn12. The van der Waals surface area contributed by atoms with E-state index in [0.717, 1.165) is 24.3 Å². The molecule has 1 aliphatic rings. The molecule has 6 heteroatoms. The van der Waals surface area contributed by atoms with Gasteiger partial charge in [0.25, 0.3) is 5.91 Å². The predicted octanol–water partition coefficient (Wildman–Crippen LogP) is 1.80. The Bertz CT molecular complexity index is 662. The summed E-state index contributed by atoms with van der Waals surface area (Å²) in [5, 5.41) is 1.44. The summed E-state index contributed by atoms with van der Waals surface area (Å²) in [6.45, 7) is 2.71. The quantitative estimate of drug-likeness (QED) is 0.845. The summed E-state index contributed by atoms with van der Waals surface area (Å²) in [5.41, 5.74) is 1.69. The minimum Gasteiger partial charge on any atom is -0.383 e. The highest BCUT2D eigenvalue weighted by Crippen LogP contribution is 2.20. The molecule has 0 saturated carbocycles. The van der Waals surface area contributed by atoms with Crippen LogP contribution in [0, 0.1) is 0 Å². The second-order valence-corrected chi connectivity index (χ2v) is 5.41. The van der Waals surface area contributed by atoms with Crippen LogP contribution in [0.3, 0.4) is 0 Å². The molecule has 0 bridgehead atoms. The fraction of sp³-hybridized carbons (Fsp3) is 0.438. The van der Waals surface area contributed by atoms with Crippen molar-refractivity contribution in [2.45, 2.75) is 6.42 Å². The van der Waals surface area contributed by atoms with E-state index in [0.29, 0.717) is 25.3 Å². The molecule has 1 fully saturated rings. The lowest BCUT2D eigenvalue weighted by atomic mass is 10.2. The Balaban J connectivity index is 1.89. The van der Waals surface area contributed by atoms with Gasteiger partial charge in [0.1, 0.15) is 5.82 Å². The van der Waals surface area contributed by atoms with Crippen molar-refractivity contribution < 1.29 is 14.4 Å². The maximum atomic E-state index is 12.4. The van der Waals surface area contributed by atoms with Gasteiger partial charge in [-0.2, -0.15) is 0 Å². The second kappa shape index (κ2) is 6.37. The number of fused-ring (bicyclic) bond motifs is 1. The zero-order valence-electron chi connectivity index (χ0n) is 13.0. The molecule has 0 aliphatic carbocycles. The van der Waals surface area contributed by atoms with E-state index < -0.39 is 0 Å². The predicted molar refractivity (Wildman–Crippen MR) is 84.1 cm³/mol. The molecular formula is C16H21N3O3. The summed E-state index contributed by atoms with van der Waals surface area (Å²) in [4.78, 5) is 19.9. The highest BCUT2D eigenvalue weighted by Gasteiger charge is 2.21. The van der Waals surface area contributed by atoms with Gasteiger partial charge in [0.2, 0.25) is 0 Å². The topological polar surface area (TPSA) is 46.4 Å². The Morgan fingerprint density at radius 1 is 1.36 bits per heavy atom. The average molecular weight is 303 g/mol. The Labute approximate surface area is 129 Å². The van der Waals surface area contributed by atoms with Gasteiger partial charge in [-0.05, 0) is 30.7 Å². The van der Waals surface area contributed by atoms with Gasteiger partial charge < -0.3 is 14.0 Å². The number of hydrogen-bond donors (Lipinski definition) is 0. The van der Waals surface area contributed by atoms with Gasteiger partial charge in [-0.3, -0.25) is 9.63 Å². The first-order chi connectivity index (χ1) is 10.7. The van der Waals surface area contributed by atoms with Crippen LogP contribution in [0.5, 0.6) is 0 Å². The van der Waals surface area contributed by atoms with Gasteiger partial charge in [-0.25, -0.2) is 5.06 Å². The summed E-state index contributed by atoms with van der Waals surface area (Å²) >= 11 is 0. The van der Waals surface area contributed by atoms with Crippen LogP contribution in [-0.2, 0) is 9.57 Å². The number of ether oxygens (including phenoxy) is 1. The van der Waals surface area contributed by atoms with E-state index in [1.54, 1.807) is 7.11 Å². The molecule has 0 atom stereocenters. The number of methoxy groups -OCH3 is 1. The number of carbonyl (C=O) groups excluding carboxylic acids is 1. The summed E-state index contributed by atoms with van der Waals surface area (Å²) in [6, 6.07) is 7.89. The Kier molecular flexibility index (Phi) is 4.31. The number of carbonyl (C=O) groups is 1. The third kappa shape index (κ3) is 2.80. The van der Waals surface area contributed by atoms with Crippen LogP contribution in [0.25, 0.3) is 5.52 Å². The molecule has 118 valence electrons. The van der Waals surface area contributed by atoms with Gasteiger partial charge in [0.05, 0.1) is 25.3 Å². The standard InChI is InChI=1S/C16H21N3O3/c1-17(9-11-21-2)15-7-6-14-5-4-13(12-18(14)15)16(20)19-8-3-10-22-19/h4-7,12H,3,8-11H2,1-2H3. The van der Waals surface area contributed by atoms with E-state index in [-0.39, 0.29) is 5.91 Å². The number of likely N-dealkylation sites (N-methyl/N-ethyl adjacent to an activating group) is 1. The first kappa shape index (κ1) is 14.9. The molecule has 0 unspecified atom stereocenters. The van der Waals surface area contributed by atoms with Gasteiger partial charge in [-0.15, -0.1) is 0 Å². The maximum absolute atomic E-state index is 12.4. The molecule has 0 aromatic carbocycles. The molecule has 0 spiro atoms. The molecule has 2 aromatic rings. The zero-order valence-corrected chi connectivity index (χ0v) is 13.0. The minimum atomic E-state index is -0.0846. The molecule has 3 heterocycles. The van der Waals surface area contributed by atoms with Gasteiger partial charge in [-0.1, -0.05) is 0 Å². The number of aromatic nitrogens is 1. The van der Waals surface area contributed by atoms with E-state index in [4.69, 9.17) is 9.57 Å². The number of hydroxylamine groups is 2. The third-order valence-electron chi connectivity index (χ3n) is 3.88. The van der Waals surface area contributed by atoms with Gasteiger partial charge in [0.15, 0.2) is 0 Å². The van der Waals surface area contributed by atoms with Crippen LogP contribution in [0.4, 0.5) is 5.82 Å². The second-order valence-electron chi connectivity index (χ2n) is 5.41. The van der Waals surface area contributed by atoms with Crippen LogP contribution in [0.1, 0.15) is 16.8 Å². The van der Waals surface area contributed by atoms with Crippen molar-refractivity contribution in [3.63, 3.8) is 0 Å². The molecule has 1 amide bonds. The smallest absolute Gasteiger partial charge is 0.278 e. The Morgan fingerprint density at radius 3 is 2.91 bits per heavy atom. The number of hydrogen-bond acceptors (Lipinski definition) is 4. The van der Waals surface area contributed by atoms with E-state index in [1.165, 1.54) is 5.06 Å². The lowest BCUT2D eigenvalue weighted by Crippen LogP contribution is -2.27. The zero-order chi connectivity index (χ0) is 15.5. The molecular weight excluding hydrogens is 282 g/mol. The van der Waals surface area contributed by atoms with Crippen molar-refractivity contribution in [2.75, 3.05) is 45.4 Å². The van der Waals surface area contributed by atoms with Crippen molar-refractivity contribution in [1.29, 1.82) is 0 Å². The number of anilines is 1. The van der Waals surface area contributed by atoms with Gasteiger partial charge >= 0.3 is 0 Å². The normalized spacial score (nSPS) is 14.7. The maximum Gasteiger partial charge on any atom is 0.278 e. The molecule has 0 N–H and O–H groups in total. The lowest BCUT2D eigenvalue weighted by Gasteiger charge is -2.19. The Hall–Kier alpha value is -2.05. The van der Waals surface area contributed by atoms with Crippen LogP contribution in [-0.4, -0.2) is 55.8 Å². The van der Waals surface area contributed by atoms with Crippen molar-refractivity contribution in [2.24, 2.45) is 0 Å². The first-order valence-electron chi connectivity index (χ1n) is 7.46. The largest absolute Gasteiger partial charge is 0.383 e. The molecule has 22 heavy (non-hydrogen) atoms. The van der Waals surface area contributed by atoms with E-state index in [2.05, 4.69) is 4.90 Å². The van der Waals surface area contributed by atoms with Gasteiger partial charge in [0, 0.05) is 32.4 Å². The summed E-state index contributed by atoms with van der Waals surface area (Å²) in [7, 11) is 3.70. The minimum absolute atomic E-state index is 0.0846. The van der Waals surface area contributed by atoms with Crippen LogP contribution in [0.15, 0.2) is 30.5 Å². The van der Waals surface area contributed by atoms with Crippen molar-refractivity contribution in [3.05, 3.63) is 36.0 Å². The molecule has 3 rings (SSSR count). The molecule has 0 radical (unpaired) electrons. The fourth-order valence-corrected chi connectivity index (χ4v) is 2.62. The summed E-state index contributed by atoms with van der Waals surface area (Å²) in [6.07, 6.45) is 2.76. The molecule has 1 saturated heterocycles. The average Bonchev–Trinajstić information content (AvgIpc) is 3.20. The van der Waals surface area contributed by atoms with E-state index >= 15 is 0 Å². The van der Waals surface area contributed by atoms with Crippen molar-refractivity contribution >= 4 is 17.2 Å². The highest BCUT2D eigenvalue weighted by atomic mass is 16.7. The number of rotatable bonds is 5. The lowest BCUT2D eigenvalue weighted by molar-refractivity contribution is -0.0768. The Morgan fingerprint density at radius 2 is 2.18 bits per heavy atom. The monoisotopic (exact) mass is 303 g/mol. The van der Waals surface area contributed by atoms with E-state index in [9.17, 15) is 4.79 Å². The number of nitrogens with zero attached hydrogens (tertiary/aromatic N) is 3. The highest BCUT2D eigenvalue weighted by molar-refractivity contribution is 5.93. The molecule has 1 aliphatic heterocycles. The van der Waals surface area contributed by atoms with Crippen molar-refractivity contribution in [1.82, 2.24) is 9.46 Å². The first-order valence-corrected chi connectivity index (χ1v) is 7.46. The molecule has 6 nitrogen and oxygen atoms in total. The fourth-order valence-electron chi connectivity index (χ4n) is 2.62. The van der Waals surface area contributed by atoms with Crippen LogP contribution < -0.4 is 4.90 Å². The summed E-state index contributed by atoms with van der Waals surface area (Å²) < 4.78 is 7.15. The summed E-state index contributed by atoms with van der Waals surface area (Å²) in [5.74, 6) is 0.947. The van der Waals surface area contributed by atoms with E-state index in [1.807, 2.05) is 41.9 Å². The number of amides is 1. The van der Waals surface area contributed by atoms with Crippen molar-refractivity contribution in [3.8, 4) is 0 Å². The number of pyridine rings is 1.